The molecule has 6 heterocycles. The lowest BCUT2D eigenvalue weighted by molar-refractivity contribution is -0.155. The van der Waals surface area contributed by atoms with E-state index in [0.29, 0.717) is 50.3 Å². The van der Waals surface area contributed by atoms with Gasteiger partial charge in [0.25, 0.3) is 5.91 Å². The number of cyclic esters (lactones) is 1. The molecule has 1 aromatic carbocycles. The lowest BCUT2D eigenvalue weighted by Crippen LogP contribution is -2.63. The zero-order chi connectivity index (χ0) is 39.9. The average molecular weight is 942 g/mol. The predicted molar refractivity (Wildman–Crippen MR) is 256 cm³/mol. The molecule has 0 spiro atoms. The van der Waals surface area contributed by atoms with Gasteiger partial charge in [-0.25, -0.2) is 23.6 Å². The molecule has 20 heteroatoms. The first-order valence-corrected chi connectivity index (χ1v) is 22.2. The highest BCUT2D eigenvalue weighted by molar-refractivity contribution is 7.90. The summed E-state index contributed by atoms with van der Waals surface area (Å²) >= 11 is 1.40. The molecule has 0 aliphatic carbocycles. The quantitative estimate of drug-likeness (QED) is 0.231. The van der Waals surface area contributed by atoms with Crippen LogP contribution in [0, 0.1) is 5.41 Å². The number of methoxy groups -OCH3 is 1. The normalized spacial score (nSPS) is 20.8. The number of fused-ring (bicyclic) bond motifs is 6. The molecule has 6 bridgehead atoms. The van der Waals surface area contributed by atoms with Crippen molar-refractivity contribution in [2.75, 3.05) is 38.8 Å². The SMILES string of the molecule is CCn1c(-c2cccnc2[C@H](C)OC)c2c3cc(ccc31)-c1csc(n1)C[C@H](NC(=O)N1CC[C@H]1CS(C)(=O)=O)C(=O)N1CCC[C@H](N1)C(=O)OCC(C)(C)C2.S.S.S.S. The summed E-state index contributed by atoms with van der Waals surface area (Å²) in [5.41, 5.74) is 9.27. The van der Waals surface area contributed by atoms with E-state index in [0.717, 1.165) is 50.9 Å². The van der Waals surface area contributed by atoms with Crippen LogP contribution in [0.2, 0.25) is 0 Å². The standard InChI is InChI=1S/C40H51N7O7S2.4H2S/c1-7-45-33-13-12-25-18-28(33)29(36(45)27-10-8-15-41-35(27)24(2)53-5)20-40(3,4)23-54-38(49)30-11-9-16-47(44-30)37(48)31(19-34-42-32(25)21-55-34)43-39(50)46-17-14-26(46)22-56(6,51)52;;;;/h8,10,12-13,15,18,21,24,26,30-31,44H,7,9,11,14,16-17,19-20,22-23H2,1-6H3,(H,43,50);4*1H2/t24-,26-,30-,31-;;;;/m0..../s1. The lowest BCUT2D eigenvalue weighted by atomic mass is 9.84. The van der Waals surface area contributed by atoms with Gasteiger partial charge in [-0.3, -0.25) is 19.6 Å². The van der Waals surface area contributed by atoms with Crippen molar-refractivity contribution in [1.29, 1.82) is 0 Å². The first kappa shape index (κ1) is 51.4. The minimum Gasteiger partial charge on any atom is -0.464 e. The van der Waals surface area contributed by atoms with Crippen LogP contribution in [0.5, 0.6) is 0 Å². The Morgan fingerprint density at radius 1 is 1.13 bits per heavy atom. The number of carbonyl (C=O) groups excluding carboxylic acids is 3. The van der Waals surface area contributed by atoms with E-state index in [9.17, 15) is 22.8 Å². The number of aryl methyl sites for hydroxylation is 1. The van der Waals surface area contributed by atoms with Crippen molar-refractivity contribution >= 4 is 104 Å². The van der Waals surface area contributed by atoms with Crippen LogP contribution in [0.3, 0.4) is 0 Å². The summed E-state index contributed by atoms with van der Waals surface area (Å²) in [4.78, 5) is 52.7. The monoisotopic (exact) mass is 941 g/mol. The van der Waals surface area contributed by atoms with E-state index in [1.807, 2.05) is 18.4 Å². The molecule has 2 N–H and O–H groups in total. The number of urea groups is 1. The summed E-state index contributed by atoms with van der Waals surface area (Å²) in [6.07, 6.45) is 4.98. The summed E-state index contributed by atoms with van der Waals surface area (Å²) in [6.45, 7) is 9.87. The number of benzene rings is 1. The minimum absolute atomic E-state index is 0. The number of likely N-dealkylation sites (tertiary alicyclic amines) is 1. The van der Waals surface area contributed by atoms with Gasteiger partial charge in [-0.2, -0.15) is 54.0 Å². The third-order valence-corrected chi connectivity index (χ3v) is 12.9. The highest BCUT2D eigenvalue weighted by Gasteiger charge is 2.39. The maximum absolute atomic E-state index is 14.2. The fourth-order valence-electron chi connectivity index (χ4n) is 8.03. The molecule has 3 amide bonds. The van der Waals surface area contributed by atoms with Crippen LogP contribution in [0.15, 0.2) is 41.9 Å². The summed E-state index contributed by atoms with van der Waals surface area (Å²) in [6, 6.07) is 7.62. The van der Waals surface area contributed by atoms with Gasteiger partial charge in [0.15, 0.2) is 0 Å². The Hall–Kier alpha value is -2.98. The number of hydrazine groups is 1. The molecule has 0 unspecified atom stereocenters. The first-order valence-electron chi connectivity index (χ1n) is 19.2. The Morgan fingerprint density at radius 2 is 1.88 bits per heavy atom. The molecule has 60 heavy (non-hydrogen) atoms. The third-order valence-electron chi connectivity index (χ3n) is 11.0. The zero-order valence-electron chi connectivity index (χ0n) is 34.8. The lowest BCUT2D eigenvalue weighted by Gasteiger charge is -2.41. The summed E-state index contributed by atoms with van der Waals surface area (Å²) in [5.74, 6) is -1.01. The van der Waals surface area contributed by atoms with E-state index in [1.165, 1.54) is 21.2 Å². The number of amides is 3. The smallest absolute Gasteiger partial charge is 0.324 e. The van der Waals surface area contributed by atoms with E-state index in [4.69, 9.17) is 19.4 Å². The number of rotatable bonds is 7. The number of ether oxygens (including phenoxy) is 2. The van der Waals surface area contributed by atoms with Crippen LogP contribution in [0.4, 0.5) is 4.79 Å². The number of pyridine rings is 1. The number of hydrogen-bond donors (Lipinski definition) is 2. The van der Waals surface area contributed by atoms with Gasteiger partial charge in [-0.05, 0) is 69.4 Å². The number of sulfone groups is 1. The number of esters is 1. The topological polar surface area (TPSA) is 165 Å². The molecule has 3 aliphatic heterocycles. The number of nitrogens with one attached hydrogen (secondary N) is 2. The van der Waals surface area contributed by atoms with Gasteiger partial charge in [0, 0.05) is 84.5 Å². The van der Waals surface area contributed by atoms with Crippen LogP contribution >= 0.6 is 65.3 Å². The Kier molecular flexibility index (Phi) is 17.9. The van der Waals surface area contributed by atoms with Gasteiger partial charge in [0.05, 0.1) is 40.6 Å². The maximum atomic E-state index is 14.2. The molecule has 0 saturated carbocycles. The Morgan fingerprint density at radius 3 is 2.55 bits per heavy atom. The van der Waals surface area contributed by atoms with Crippen LogP contribution in [-0.4, -0.2) is 108 Å². The second-order valence-electron chi connectivity index (χ2n) is 15.9. The number of hydrogen-bond acceptors (Lipinski definition) is 11. The second-order valence-corrected chi connectivity index (χ2v) is 19.1. The number of nitrogens with zero attached hydrogens (tertiary/aromatic N) is 5. The maximum Gasteiger partial charge on any atom is 0.324 e. The van der Waals surface area contributed by atoms with Crippen molar-refractivity contribution in [3.63, 3.8) is 0 Å². The van der Waals surface area contributed by atoms with Crippen molar-refractivity contribution in [2.45, 2.75) is 90.6 Å². The molecule has 332 valence electrons. The molecule has 14 nitrogen and oxygen atoms in total. The molecule has 4 aromatic rings. The van der Waals surface area contributed by atoms with Gasteiger partial charge in [0.1, 0.15) is 21.9 Å². The zero-order valence-corrected chi connectivity index (χ0v) is 40.5. The number of carbonyl (C=O) groups is 3. The van der Waals surface area contributed by atoms with E-state index < -0.39 is 51.3 Å². The predicted octanol–water partition coefficient (Wildman–Crippen LogP) is 5.37. The minimum atomic E-state index is -3.32. The van der Waals surface area contributed by atoms with Crippen molar-refractivity contribution in [1.82, 2.24) is 35.2 Å². The van der Waals surface area contributed by atoms with Crippen LogP contribution in [-0.2, 0) is 48.3 Å². The van der Waals surface area contributed by atoms with E-state index in [-0.39, 0.29) is 78.9 Å². The average Bonchev–Trinajstić information content (AvgIpc) is 3.75. The van der Waals surface area contributed by atoms with Gasteiger partial charge in [-0.15, -0.1) is 11.3 Å². The Balaban J connectivity index is 0.00000240. The highest BCUT2D eigenvalue weighted by atomic mass is 32.2. The van der Waals surface area contributed by atoms with Crippen molar-refractivity contribution in [3.8, 4) is 22.5 Å². The fourth-order valence-corrected chi connectivity index (χ4v) is 9.92. The molecular formula is C40H59N7O7S6. The highest BCUT2D eigenvalue weighted by Crippen LogP contribution is 2.42. The Labute approximate surface area is 384 Å². The van der Waals surface area contributed by atoms with Crippen molar-refractivity contribution in [2.24, 2.45) is 5.41 Å². The summed E-state index contributed by atoms with van der Waals surface area (Å²) in [5, 5.41) is 7.96. The van der Waals surface area contributed by atoms with Crippen LogP contribution in [0.25, 0.3) is 33.4 Å². The molecule has 4 atom stereocenters. The molecule has 2 saturated heterocycles. The largest absolute Gasteiger partial charge is 0.464 e. The third kappa shape index (κ3) is 11.0. The summed E-state index contributed by atoms with van der Waals surface area (Å²) < 4.78 is 38.2. The van der Waals surface area contributed by atoms with Crippen LogP contribution in [0.1, 0.15) is 69.3 Å². The second kappa shape index (κ2) is 20.9. The molecule has 0 radical (unpaired) electrons. The van der Waals surface area contributed by atoms with Crippen molar-refractivity contribution in [3.05, 3.63) is 58.2 Å². The van der Waals surface area contributed by atoms with Gasteiger partial charge in [-0.1, -0.05) is 19.9 Å². The molecule has 3 aromatic heterocycles. The first-order chi connectivity index (χ1) is 26.7. The number of aromatic nitrogens is 3. The molecule has 7 rings (SSSR count). The molecule has 3 aliphatic rings. The number of thiazole rings is 1. The van der Waals surface area contributed by atoms with Gasteiger partial charge >= 0.3 is 12.0 Å². The summed E-state index contributed by atoms with van der Waals surface area (Å²) in [7, 11) is -1.63. The van der Waals surface area contributed by atoms with E-state index in [2.05, 4.69) is 60.3 Å². The van der Waals surface area contributed by atoms with Crippen LogP contribution < -0.4 is 10.7 Å². The van der Waals surface area contributed by atoms with E-state index in [1.54, 1.807) is 13.3 Å². The Bertz CT molecular complexity index is 2270. The van der Waals surface area contributed by atoms with E-state index >= 15 is 0 Å². The molecule has 2 fully saturated rings. The molecular weight excluding hydrogens is 883 g/mol. The van der Waals surface area contributed by atoms with Gasteiger partial charge in [0.2, 0.25) is 0 Å². The van der Waals surface area contributed by atoms with Gasteiger partial charge < -0.3 is 24.3 Å². The fraction of sp³-hybridized carbons (Fsp3) is 0.525. The van der Waals surface area contributed by atoms with Crippen molar-refractivity contribution < 1.29 is 32.3 Å².